The smallest absolute Gasteiger partial charge is 0.337 e. The summed E-state index contributed by atoms with van der Waals surface area (Å²) in [6.07, 6.45) is 3.72. The Hall–Kier alpha value is -2.80. The van der Waals surface area contributed by atoms with Crippen molar-refractivity contribution in [3.63, 3.8) is 0 Å². The molecule has 0 fully saturated rings. The van der Waals surface area contributed by atoms with Crippen LogP contribution in [0.1, 0.15) is 22.8 Å². The summed E-state index contributed by atoms with van der Waals surface area (Å²) in [7, 11) is 1.35. The van der Waals surface area contributed by atoms with Crippen LogP contribution in [0.5, 0.6) is 0 Å². The van der Waals surface area contributed by atoms with Gasteiger partial charge in [0.05, 0.1) is 29.6 Å². The molecule has 0 aliphatic rings. The Morgan fingerprint density at radius 3 is 2.73 bits per heavy atom. The van der Waals surface area contributed by atoms with Gasteiger partial charge in [-0.1, -0.05) is 30.0 Å². The number of pyridine rings is 1. The molecule has 2 aromatic heterocycles. The molecule has 0 bridgehead atoms. The van der Waals surface area contributed by atoms with E-state index in [1.807, 2.05) is 35.7 Å². The van der Waals surface area contributed by atoms with Crippen LogP contribution in [-0.2, 0) is 16.1 Å². The van der Waals surface area contributed by atoms with Crippen LogP contribution in [0.25, 0.3) is 5.52 Å². The van der Waals surface area contributed by atoms with Crippen molar-refractivity contribution in [3.05, 3.63) is 66.0 Å². The zero-order valence-electron chi connectivity index (χ0n) is 14.5. The number of nitrogens with zero attached hydrogens (tertiary/aromatic N) is 2. The van der Waals surface area contributed by atoms with Crippen molar-refractivity contribution >= 4 is 29.2 Å². The third-order valence-electron chi connectivity index (χ3n) is 3.90. The first-order valence-corrected chi connectivity index (χ1v) is 9.00. The number of benzene rings is 1. The minimum absolute atomic E-state index is 0.0697. The van der Waals surface area contributed by atoms with E-state index in [0.717, 1.165) is 16.2 Å². The van der Waals surface area contributed by atoms with Gasteiger partial charge in [-0.2, -0.15) is 0 Å². The fourth-order valence-corrected chi connectivity index (χ4v) is 3.33. The van der Waals surface area contributed by atoms with E-state index in [0.29, 0.717) is 12.1 Å². The first kappa shape index (κ1) is 18.0. The van der Waals surface area contributed by atoms with Crippen LogP contribution in [0.15, 0.2) is 60.0 Å². The average molecular weight is 369 g/mol. The van der Waals surface area contributed by atoms with E-state index in [2.05, 4.69) is 15.0 Å². The molecular formula is C19H19N3O3S. The number of aromatic nitrogens is 2. The topological polar surface area (TPSA) is 72.7 Å². The van der Waals surface area contributed by atoms with Gasteiger partial charge < -0.3 is 10.1 Å². The number of carbonyl (C=O) groups is 2. The molecule has 0 saturated carbocycles. The lowest BCUT2D eigenvalue weighted by Gasteiger charge is -2.11. The Balaban J connectivity index is 1.56. The lowest BCUT2D eigenvalue weighted by Crippen LogP contribution is -2.30. The second-order valence-electron chi connectivity index (χ2n) is 5.70. The van der Waals surface area contributed by atoms with E-state index in [-0.39, 0.29) is 17.1 Å². The Labute approximate surface area is 155 Å². The number of imidazole rings is 1. The first-order chi connectivity index (χ1) is 12.6. The van der Waals surface area contributed by atoms with E-state index >= 15 is 0 Å². The molecule has 1 aromatic carbocycles. The minimum Gasteiger partial charge on any atom is -0.465 e. The van der Waals surface area contributed by atoms with Crippen LogP contribution in [0.4, 0.5) is 0 Å². The van der Waals surface area contributed by atoms with Crippen molar-refractivity contribution in [2.24, 2.45) is 0 Å². The summed E-state index contributed by atoms with van der Waals surface area (Å²) in [6, 6.07) is 12.8. The maximum atomic E-state index is 12.4. The minimum atomic E-state index is -0.377. The quantitative estimate of drug-likeness (QED) is 0.534. The van der Waals surface area contributed by atoms with Crippen LogP contribution in [-0.4, -0.2) is 33.6 Å². The number of rotatable bonds is 6. The third kappa shape index (κ3) is 4.05. The predicted octanol–water partition coefficient (Wildman–Crippen LogP) is 2.92. The van der Waals surface area contributed by atoms with Gasteiger partial charge in [-0.05, 0) is 36.8 Å². The van der Waals surface area contributed by atoms with Crippen molar-refractivity contribution in [1.29, 1.82) is 0 Å². The van der Waals surface area contributed by atoms with E-state index in [9.17, 15) is 9.59 Å². The van der Waals surface area contributed by atoms with Gasteiger partial charge in [0.1, 0.15) is 0 Å². The normalized spacial score (nSPS) is 11.9. The van der Waals surface area contributed by atoms with Crippen LogP contribution in [0.2, 0.25) is 0 Å². The molecule has 6 nitrogen and oxygen atoms in total. The van der Waals surface area contributed by atoms with Gasteiger partial charge in [-0.15, -0.1) is 0 Å². The van der Waals surface area contributed by atoms with Gasteiger partial charge in [-0.3, -0.25) is 9.20 Å². The standard InChI is InChI=1S/C19H19N3O3S/c1-13(26-19-21-12-16-5-3-4-10-22(16)19)17(23)20-11-14-6-8-15(9-7-14)18(24)25-2/h3-10,12-13H,11H2,1-2H3,(H,20,23). The van der Waals surface area contributed by atoms with Gasteiger partial charge in [0.25, 0.3) is 0 Å². The molecule has 0 saturated heterocycles. The summed E-state index contributed by atoms with van der Waals surface area (Å²) in [6.45, 7) is 2.25. The highest BCUT2D eigenvalue weighted by atomic mass is 32.2. The van der Waals surface area contributed by atoms with Crippen LogP contribution in [0.3, 0.4) is 0 Å². The summed E-state index contributed by atoms with van der Waals surface area (Å²) >= 11 is 1.41. The third-order valence-corrected chi connectivity index (χ3v) is 4.98. The molecule has 0 aliphatic carbocycles. The second-order valence-corrected chi connectivity index (χ2v) is 7.01. The maximum Gasteiger partial charge on any atom is 0.337 e. The van der Waals surface area contributed by atoms with E-state index in [1.165, 1.54) is 18.9 Å². The van der Waals surface area contributed by atoms with Gasteiger partial charge in [0, 0.05) is 12.7 Å². The molecule has 3 rings (SSSR count). The number of ether oxygens (including phenoxy) is 1. The lowest BCUT2D eigenvalue weighted by atomic mass is 10.1. The van der Waals surface area contributed by atoms with Gasteiger partial charge in [0.2, 0.25) is 5.91 Å². The van der Waals surface area contributed by atoms with Crippen LogP contribution >= 0.6 is 11.8 Å². The number of amides is 1. The molecule has 0 radical (unpaired) electrons. The zero-order chi connectivity index (χ0) is 18.5. The van der Waals surface area contributed by atoms with E-state index in [1.54, 1.807) is 30.5 Å². The molecule has 2 heterocycles. The zero-order valence-corrected chi connectivity index (χ0v) is 15.3. The predicted molar refractivity (Wildman–Crippen MR) is 100 cm³/mol. The number of methoxy groups -OCH3 is 1. The number of esters is 1. The molecule has 0 spiro atoms. The molecule has 3 aromatic rings. The molecular weight excluding hydrogens is 350 g/mol. The number of carbonyl (C=O) groups excluding carboxylic acids is 2. The largest absolute Gasteiger partial charge is 0.465 e. The molecule has 1 amide bonds. The highest BCUT2D eigenvalue weighted by molar-refractivity contribution is 8.00. The average Bonchev–Trinajstić information content (AvgIpc) is 3.08. The second kappa shape index (κ2) is 8.05. The molecule has 26 heavy (non-hydrogen) atoms. The lowest BCUT2D eigenvalue weighted by molar-refractivity contribution is -0.120. The molecule has 134 valence electrons. The number of hydrogen-bond acceptors (Lipinski definition) is 5. The monoisotopic (exact) mass is 369 g/mol. The first-order valence-electron chi connectivity index (χ1n) is 8.12. The van der Waals surface area contributed by atoms with Crippen LogP contribution in [0, 0.1) is 0 Å². The van der Waals surface area contributed by atoms with Crippen molar-refractivity contribution < 1.29 is 14.3 Å². The number of hydrogen-bond donors (Lipinski definition) is 1. The summed E-state index contributed by atoms with van der Waals surface area (Å²) in [5, 5.41) is 3.41. The highest BCUT2D eigenvalue weighted by Crippen LogP contribution is 2.23. The Morgan fingerprint density at radius 1 is 1.23 bits per heavy atom. The molecule has 1 atom stereocenters. The Kier molecular flexibility index (Phi) is 5.58. The van der Waals surface area contributed by atoms with E-state index in [4.69, 9.17) is 0 Å². The molecule has 1 N–H and O–H groups in total. The van der Waals surface area contributed by atoms with Crippen molar-refractivity contribution in [1.82, 2.24) is 14.7 Å². The van der Waals surface area contributed by atoms with Crippen molar-refractivity contribution in [3.8, 4) is 0 Å². The molecule has 7 heteroatoms. The SMILES string of the molecule is COC(=O)c1ccc(CNC(=O)C(C)Sc2ncc3ccccn23)cc1. The number of fused-ring (bicyclic) bond motifs is 1. The van der Waals surface area contributed by atoms with Gasteiger partial charge >= 0.3 is 5.97 Å². The fourth-order valence-electron chi connectivity index (χ4n) is 2.43. The maximum absolute atomic E-state index is 12.4. The number of nitrogens with one attached hydrogen (secondary N) is 1. The van der Waals surface area contributed by atoms with Gasteiger partial charge in [-0.25, -0.2) is 9.78 Å². The van der Waals surface area contributed by atoms with Crippen molar-refractivity contribution in [2.45, 2.75) is 23.9 Å². The van der Waals surface area contributed by atoms with Crippen molar-refractivity contribution in [2.75, 3.05) is 7.11 Å². The molecule has 0 aliphatic heterocycles. The molecule has 1 unspecified atom stereocenters. The summed E-state index contributed by atoms with van der Waals surface area (Å²) < 4.78 is 6.63. The Morgan fingerprint density at radius 2 is 2.00 bits per heavy atom. The van der Waals surface area contributed by atoms with Crippen LogP contribution < -0.4 is 5.32 Å². The van der Waals surface area contributed by atoms with E-state index < -0.39 is 0 Å². The number of thioether (sulfide) groups is 1. The fraction of sp³-hybridized carbons (Fsp3) is 0.211. The summed E-state index contributed by atoms with van der Waals surface area (Å²) in [5.41, 5.74) is 2.39. The highest BCUT2D eigenvalue weighted by Gasteiger charge is 2.17. The Bertz CT molecular complexity index is 921. The van der Waals surface area contributed by atoms with Gasteiger partial charge in [0.15, 0.2) is 5.16 Å². The summed E-state index contributed by atoms with van der Waals surface area (Å²) in [4.78, 5) is 28.2. The summed E-state index contributed by atoms with van der Waals surface area (Å²) in [5.74, 6) is -0.447.